The van der Waals surface area contributed by atoms with Crippen molar-refractivity contribution in [2.24, 2.45) is 0 Å². The monoisotopic (exact) mass is 376 g/mol. The van der Waals surface area contributed by atoms with Crippen molar-refractivity contribution in [3.8, 4) is 0 Å². The van der Waals surface area contributed by atoms with Crippen molar-refractivity contribution in [3.63, 3.8) is 0 Å². The van der Waals surface area contributed by atoms with Gasteiger partial charge in [-0.1, -0.05) is 40.5 Å². The first-order valence-corrected chi connectivity index (χ1v) is 7.76. The van der Waals surface area contributed by atoms with E-state index in [1.165, 1.54) is 18.4 Å². The van der Waals surface area contributed by atoms with Crippen LogP contribution in [-0.4, -0.2) is 6.61 Å². The van der Waals surface area contributed by atoms with E-state index in [0.717, 1.165) is 6.42 Å². The Morgan fingerprint density at radius 1 is 0.682 bits per heavy atom. The molecule has 2 aliphatic rings. The molecule has 2 fully saturated rings. The van der Waals surface area contributed by atoms with Crippen LogP contribution in [0.15, 0.2) is 5.57 Å². The molecule has 0 unspecified atom stereocenters. The topological polar surface area (TPSA) is 23.1 Å². The van der Waals surface area contributed by atoms with E-state index in [1.807, 2.05) is 64.2 Å². The standard InChI is InChI=1S/C8H15.2C5H5.C2H5O.Zr/c1-4-7-8(5-2)6-3;2*1-2-4-5-3-1;1-2-3;/h4-6H2,1-3H3;2*1-5H;2H2,1H3;/q-1;;;-1;+4. The summed E-state index contributed by atoms with van der Waals surface area (Å²) < 4.78 is 0. The third kappa shape index (κ3) is 25.5. The quantitative estimate of drug-likeness (QED) is 0.670. The van der Waals surface area contributed by atoms with Crippen LogP contribution >= 0.6 is 0 Å². The van der Waals surface area contributed by atoms with Gasteiger partial charge >= 0.3 is 26.2 Å². The van der Waals surface area contributed by atoms with E-state index in [4.69, 9.17) is 5.11 Å². The summed E-state index contributed by atoms with van der Waals surface area (Å²) in [6.07, 6.45) is 26.7. The van der Waals surface area contributed by atoms with Crippen LogP contribution in [0.4, 0.5) is 0 Å². The predicted octanol–water partition coefficient (Wildman–Crippen LogP) is 4.35. The van der Waals surface area contributed by atoms with Gasteiger partial charge in [-0.2, -0.15) is 6.42 Å². The Morgan fingerprint density at radius 2 is 0.909 bits per heavy atom. The smallest absolute Gasteiger partial charge is 0.855 e. The molecule has 22 heavy (non-hydrogen) atoms. The number of allylic oxidation sites excluding steroid dienone is 2. The van der Waals surface area contributed by atoms with Crippen LogP contribution in [0.2, 0.25) is 0 Å². The molecule has 2 aliphatic carbocycles. The van der Waals surface area contributed by atoms with E-state index >= 15 is 0 Å². The summed E-state index contributed by atoms with van der Waals surface area (Å²) in [6, 6.07) is 0. The Labute approximate surface area is 160 Å². The van der Waals surface area contributed by atoms with Crippen molar-refractivity contribution < 1.29 is 31.3 Å². The van der Waals surface area contributed by atoms with E-state index in [2.05, 4.69) is 26.8 Å². The van der Waals surface area contributed by atoms with Crippen LogP contribution in [-0.2, 0) is 26.2 Å². The van der Waals surface area contributed by atoms with Crippen molar-refractivity contribution in [1.29, 1.82) is 0 Å². The summed E-state index contributed by atoms with van der Waals surface area (Å²) in [5, 5.41) is 8.93. The van der Waals surface area contributed by atoms with Crippen LogP contribution < -0.4 is 5.11 Å². The molecule has 2 rings (SSSR count). The molecule has 0 N–H and O–H groups in total. The Kier molecular flexibility index (Phi) is 33.0. The molecule has 0 atom stereocenters. The van der Waals surface area contributed by atoms with E-state index in [-0.39, 0.29) is 32.8 Å². The second-order valence-electron chi connectivity index (χ2n) is 4.05. The molecular weight excluding hydrogens is 347 g/mol. The molecular formula is C20H30OZr+2. The number of hydrogen-bond acceptors (Lipinski definition) is 1. The number of rotatable bonds is 3. The molecule has 2 saturated carbocycles. The van der Waals surface area contributed by atoms with Gasteiger partial charge in [0.05, 0.1) is 0 Å². The molecule has 0 amide bonds. The second kappa shape index (κ2) is 26.5. The van der Waals surface area contributed by atoms with Crippen molar-refractivity contribution in [3.05, 3.63) is 75.9 Å². The molecule has 10 radical (unpaired) electrons. The van der Waals surface area contributed by atoms with Gasteiger partial charge in [-0.05, 0) is 64.2 Å². The first-order valence-electron chi connectivity index (χ1n) is 7.76. The Hall–Kier alpha value is 0.583. The maximum absolute atomic E-state index is 8.93. The molecule has 0 aromatic rings. The second-order valence-corrected chi connectivity index (χ2v) is 4.05. The van der Waals surface area contributed by atoms with Crippen LogP contribution in [0.1, 0.15) is 47.0 Å². The third-order valence-electron chi connectivity index (χ3n) is 2.39. The zero-order chi connectivity index (χ0) is 16.2. The molecule has 0 heterocycles. The van der Waals surface area contributed by atoms with E-state index in [0.29, 0.717) is 0 Å². The largest absolute Gasteiger partial charge is 4.00 e. The zero-order valence-electron chi connectivity index (χ0n) is 14.5. The van der Waals surface area contributed by atoms with Gasteiger partial charge in [-0.3, -0.25) is 5.57 Å². The maximum Gasteiger partial charge on any atom is 4.00 e. The van der Waals surface area contributed by atoms with Crippen molar-refractivity contribution in [2.45, 2.75) is 47.0 Å². The van der Waals surface area contributed by atoms with Gasteiger partial charge in [0.1, 0.15) is 0 Å². The van der Waals surface area contributed by atoms with E-state index in [1.54, 1.807) is 6.92 Å². The van der Waals surface area contributed by atoms with E-state index in [9.17, 15) is 0 Å². The summed E-state index contributed by atoms with van der Waals surface area (Å²) in [7, 11) is 0. The average Bonchev–Trinajstić information content (AvgIpc) is 3.23. The van der Waals surface area contributed by atoms with Crippen molar-refractivity contribution in [1.82, 2.24) is 0 Å². The van der Waals surface area contributed by atoms with Crippen molar-refractivity contribution >= 4 is 0 Å². The molecule has 0 aromatic heterocycles. The first-order chi connectivity index (χ1) is 10.3. The van der Waals surface area contributed by atoms with E-state index < -0.39 is 0 Å². The third-order valence-corrected chi connectivity index (χ3v) is 2.39. The average molecular weight is 378 g/mol. The Bertz CT molecular complexity index is 163. The fourth-order valence-electron chi connectivity index (χ4n) is 1.39. The van der Waals surface area contributed by atoms with Gasteiger partial charge in [-0.25, -0.2) is 0 Å². The minimum atomic E-state index is 0. The summed E-state index contributed by atoms with van der Waals surface area (Å²) in [4.78, 5) is 0. The minimum absolute atomic E-state index is 0. The normalized spacial score (nSPS) is 15.0. The molecule has 0 spiro atoms. The van der Waals surface area contributed by atoms with Crippen LogP contribution in [0.3, 0.4) is 0 Å². The summed E-state index contributed by atoms with van der Waals surface area (Å²) in [5.74, 6) is 0. The summed E-state index contributed by atoms with van der Waals surface area (Å²) in [5.41, 5.74) is 1.47. The van der Waals surface area contributed by atoms with Crippen LogP contribution in [0.25, 0.3) is 0 Å². The SMILES string of the molecule is CC[C-]=C(CC)CC.CC[O-].[CH]1[CH][CH][CH][CH]1.[CH]1[CH][CH][CH][CH]1.[Zr+4]. The molecule has 1 nitrogen and oxygen atoms in total. The summed E-state index contributed by atoms with van der Waals surface area (Å²) >= 11 is 0. The Balaban J connectivity index is -0.000000227. The summed E-state index contributed by atoms with van der Waals surface area (Å²) in [6.45, 7) is 8.06. The fourth-order valence-corrected chi connectivity index (χ4v) is 1.39. The van der Waals surface area contributed by atoms with Gasteiger partial charge < -0.3 is 11.2 Å². The van der Waals surface area contributed by atoms with Crippen molar-refractivity contribution in [2.75, 3.05) is 6.61 Å². The van der Waals surface area contributed by atoms with Crippen LogP contribution in [0.5, 0.6) is 0 Å². The van der Waals surface area contributed by atoms with Gasteiger partial charge in [0.25, 0.3) is 0 Å². The number of hydrogen-bond donors (Lipinski definition) is 0. The molecule has 118 valence electrons. The predicted molar refractivity (Wildman–Crippen MR) is 91.2 cm³/mol. The molecule has 0 aromatic carbocycles. The molecule has 2 heteroatoms. The van der Waals surface area contributed by atoms with Gasteiger partial charge in [-0.15, -0.1) is 6.61 Å². The first kappa shape index (κ1) is 27.4. The zero-order valence-corrected chi connectivity index (χ0v) is 17.0. The molecule has 0 aliphatic heterocycles. The Morgan fingerprint density at radius 3 is 1.00 bits per heavy atom. The fraction of sp³-hybridized carbons (Fsp3) is 0.400. The molecule has 0 saturated heterocycles. The molecule has 0 bridgehead atoms. The van der Waals surface area contributed by atoms with Gasteiger partial charge in [0, 0.05) is 0 Å². The van der Waals surface area contributed by atoms with Gasteiger partial charge in [0.15, 0.2) is 0 Å². The minimum Gasteiger partial charge on any atom is -0.855 e. The van der Waals surface area contributed by atoms with Crippen LogP contribution in [0, 0.1) is 70.3 Å². The van der Waals surface area contributed by atoms with Gasteiger partial charge in [0.2, 0.25) is 0 Å². The maximum atomic E-state index is 8.93.